The number of nitrogens with one attached hydrogen (secondary N) is 1. The quantitative estimate of drug-likeness (QED) is 0.627. The van der Waals surface area contributed by atoms with Crippen molar-refractivity contribution < 1.29 is 13.9 Å². The number of morpholine rings is 1. The fourth-order valence-electron chi connectivity index (χ4n) is 3.40. The maximum Gasteiger partial charge on any atom is 0.259 e. The van der Waals surface area contributed by atoms with E-state index in [1.165, 1.54) is 12.3 Å². The Morgan fingerprint density at radius 2 is 1.83 bits per heavy atom. The molecule has 4 rings (SSSR count). The Kier molecular flexibility index (Phi) is 5.94. The van der Waals surface area contributed by atoms with Crippen LogP contribution in [0.15, 0.2) is 42.6 Å². The van der Waals surface area contributed by atoms with Gasteiger partial charge < -0.3 is 15.0 Å². The third kappa shape index (κ3) is 4.01. The number of carbonyl (C=O) groups is 1. The van der Waals surface area contributed by atoms with Crippen LogP contribution < -0.4 is 10.2 Å². The first-order valence-corrected chi connectivity index (χ1v) is 10.1. The van der Waals surface area contributed by atoms with Gasteiger partial charge in [-0.15, -0.1) is 0 Å². The number of nitrogens with zero attached hydrogens (tertiary/aromatic N) is 3. The van der Waals surface area contributed by atoms with Gasteiger partial charge in [-0.2, -0.15) is 5.10 Å². The number of hydrogen-bond acceptors (Lipinski definition) is 4. The number of anilines is 2. The summed E-state index contributed by atoms with van der Waals surface area (Å²) < 4.78 is 21.8. The molecule has 30 heavy (non-hydrogen) atoms. The number of benzene rings is 2. The first kappa shape index (κ1) is 20.7. The molecule has 0 spiro atoms. The second-order valence-corrected chi connectivity index (χ2v) is 7.69. The highest BCUT2D eigenvalue weighted by Gasteiger charge is 2.23. The summed E-state index contributed by atoms with van der Waals surface area (Å²) in [6, 6.07) is 10.2. The van der Waals surface area contributed by atoms with E-state index in [4.69, 9.17) is 27.9 Å². The van der Waals surface area contributed by atoms with E-state index in [9.17, 15) is 9.18 Å². The summed E-state index contributed by atoms with van der Waals surface area (Å²) >= 11 is 11.9. The third-order valence-electron chi connectivity index (χ3n) is 4.97. The van der Waals surface area contributed by atoms with Crippen LogP contribution in [0.4, 0.5) is 15.8 Å². The van der Waals surface area contributed by atoms with Gasteiger partial charge in [0.2, 0.25) is 0 Å². The molecule has 0 unspecified atom stereocenters. The Hall–Kier alpha value is -2.61. The van der Waals surface area contributed by atoms with E-state index < -0.39 is 5.82 Å². The van der Waals surface area contributed by atoms with Gasteiger partial charge in [-0.05, 0) is 43.3 Å². The summed E-state index contributed by atoms with van der Waals surface area (Å²) in [7, 11) is 0. The van der Waals surface area contributed by atoms with Crippen molar-refractivity contribution in [3.8, 4) is 5.69 Å². The van der Waals surface area contributed by atoms with Crippen molar-refractivity contribution in [3.63, 3.8) is 0 Å². The minimum atomic E-state index is -0.565. The van der Waals surface area contributed by atoms with Crippen LogP contribution in [0.3, 0.4) is 0 Å². The largest absolute Gasteiger partial charge is 0.378 e. The standard InChI is InChI=1S/C21H19Cl2FN4O2/c1-13-16(12-25-28(13)15-4-2-14(22)3-5-15)21(29)26-18-7-6-17(23)19(24)20(18)27-8-10-30-11-9-27/h2-7,12H,8-11H2,1H3,(H,26,29). The van der Waals surface area contributed by atoms with Crippen LogP contribution >= 0.6 is 23.2 Å². The van der Waals surface area contributed by atoms with Crippen LogP contribution in [0.2, 0.25) is 10.0 Å². The van der Waals surface area contributed by atoms with Crippen LogP contribution in [-0.2, 0) is 4.74 Å². The fraction of sp³-hybridized carbons (Fsp3) is 0.238. The molecule has 2 heterocycles. The Morgan fingerprint density at radius 1 is 1.13 bits per heavy atom. The van der Waals surface area contributed by atoms with Gasteiger partial charge in [0.15, 0.2) is 5.82 Å². The van der Waals surface area contributed by atoms with E-state index in [1.54, 1.807) is 29.8 Å². The van der Waals surface area contributed by atoms with Gasteiger partial charge in [-0.25, -0.2) is 9.07 Å². The van der Waals surface area contributed by atoms with E-state index in [-0.39, 0.29) is 16.6 Å². The average molecular weight is 449 g/mol. The normalized spacial score (nSPS) is 14.1. The van der Waals surface area contributed by atoms with Crippen LogP contribution in [0, 0.1) is 12.7 Å². The van der Waals surface area contributed by atoms with Crippen molar-refractivity contribution in [2.45, 2.75) is 6.92 Å². The fourth-order valence-corrected chi connectivity index (χ4v) is 3.68. The number of aromatic nitrogens is 2. The molecule has 1 saturated heterocycles. The summed E-state index contributed by atoms with van der Waals surface area (Å²) in [4.78, 5) is 14.8. The van der Waals surface area contributed by atoms with E-state index in [0.717, 1.165) is 5.69 Å². The van der Waals surface area contributed by atoms with E-state index in [1.807, 2.05) is 17.0 Å². The van der Waals surface area contributed by atoms with Crippen molar-refractivity contribution in [2.24, 2.45) is 0 Å². The molecule has 0 aliphatic carbocycles. The molecule has 1 N–H and O–H groups in total. The first-order chi connectivity index (χ1) is 14.5. The summed E-state index contributed by atoms with van der Waals surface area (Å²) in [6.45, 7) is 3.77. The van der Waals surface area contributed by atoms with Crippen molar-refractivity contribution >= 4 is 40.5 Å². The average Bonchev–Trinajstić information content (AvgIpc) is 3.13. The molecular weight excluding hydrogens is 430 g/mol. The van der Waals surface area contributed by atoms with Crippen LogP contribution in [0.5, 0.6) is 0 Å². The lowest BCUT2D eigenvalue weighted by molar-refractivity contribution is 0.102. The summed E-state index contributed by atoms with van der Waals surface area (Å²) in [5.74, 6) is -0.950. The number of amides is 1. The van der Waals surface area contributed by atoms with Gasteiger partial charge in [-0.3, -0.25) is 4.79 Å². The molecular formula is C21H19Cl2FN4O2. The van der Waals surface area contributed by atoms with Crippen molar-refractivity contribution in [1.29, 1.82) is 0 Å². The number of halogens is 3. The minimum absolute atomic E-state index is 0.00114. The van der Waals surface area contributed by atoms with E-state index in [2.05, 4.69) is 10.4 Å². The molecule has 156 valence electrons. The van der Waals surface area contributed by atoms with Gasteiger partial charge in [0.05, 0.1) is 52.8 Å². The molecule has 0 atom stereocenters. The topological polar surface area (TPSA) is 59.4 Å². The second-order valence-electron chi connectivity index (χ2n) is 6.84. The predicted molar refractivity (Wildman–Crippen MR) is 116 cm³/mol. The first-order valence-electron chi connectivity index (χ1n) is 9.38. The zero-order valence-corrected chi connectivity index (χ0v) is 17.7. The SMILES string of the molecule is Cc1c(C(=O)Nc2ccc(Cl)c(F)c2N2CCOCC2)cnn1-c1ccc(Cl)cc1. The van der Waals surface area contributed by atoms with Crippen molar-refractivity contribution in [2.75, 3.05) is 36.5 Å². The highest BCUT2D eigenvalue weighted by atomic mass is 35.5. The predicted octanol–water partition coefficient (Wildman–Crippen LogP) is 4.72. The van der Waals surface area contributed by atoms with Crippen LogP contribution in [-0.4, -0.2) is 42.0 Å². The molecule has 1 amide bonds. The number of carbonyl (C=O) groups excluding carboxylic acids is 1. The lowest BCUT2D eigenvalue weighted by atomic mass is 10.2. The molecule has 1 aromatic heterocycles. The van der Waals surface area contributed by atoms with Gasteiger partial charge in [0.25, 0.3) is 5.91 Å². The van der Waals surface area contributed by atoms with Gasteiger partial charge in [-0.1, -0.05) is 23.2 Å². The molecule has 1 fully saturated rings. The lowest BCUT2D eigenvalue weighted by Gasteiger charge is -2.31. The monoisotopic (exact) mass is 448 g/mol. The Morgan fingerprint density at radius 3 is 2.53 bits per heavy atom. The smallest absolute Gasteiger partial charge is 0.259 e. The molecule has 0 radical (unpaired) electrons. The van der Waals surface area contributed by atoms with Gasteiger partial charge in [0, 0.05) is 18.1 Å². The summed E-state index contributed by atoms with van der Waals surface area (Å²) in [5.41, 5.74) is 2.43. The van der Waals surface area contributed by atoms with Gasteiger partial charge >= 0.3 is 0 Å². The van der Waals surface area contributed by atoms with Crippen LogP contribution in [0.1, 0.15) is 16.1 Å². The second kappa shape index (κ2) is 8.63. The van der Waals surface area contributed by atoms with Crippen molar-refractivity contribution in [3.05, 3.63) is 69.7 Å². The zero-order chi connectivity index (χ0) is 21.3. The van der Waals surface area contributed by atoms with Crippen molar-refractivity contribution in [1.82, 2.24) is 9.78 Å². The molecule has 1 aliphatic heterocycles. The zero-order valence-electron chi connectivity index (χ0n) is 16.2. The molecule has 0 bridgehead atoms. The highest BCUT2D eigenvalue weighted by molar-refractivity contribution is 6.31. The molecule has 6 nitrogen and oxygen atoms in total. The number of ether oxygens (including phenoxy) is 1. The van der Waals surface area contributed by atoms with E-state index >= 15 is 0 Å². The Bertz CT molecular complexity index is 1080. The number of hydrogen-bond donors (Lipinski definition) is 1. The molecule has 1 aliphatic rings. The van der Waals surface area contributed by atoms with E-state index in [0.29, 0.717) is 48.3 Å². The number of rotatable bonds is 4. The molecule has 9 heteroatoms. The highest BCUT2D eigenvalue weighted by Crippen LogP contribution is 2.34. The molecule has 2 aromatic carbocycles. The Balaban J connectivity index is 1.63. The lowest BCUT2D eigenvalue weighted by Crippen LogP contribution is -2.37. The molecule has 0 saturated carbocycles. The Labute approximate surface area is 183 Å². The maximum absolute atomic E-state index is 14.8. The maximum atomic E-state index is 14.8. The summed E-state index contributed by atoms with van der Waals surface area (Å²) in [6.07, 6.45) is 1.49. The minimum Gasteiger partial charge on any atom is -0.378 e. The molecule has 3 aromatic rings. The summed E-state index contributed by atoms with van der Waals surface area (Å²) in [5, 5.41) is 7.74. The van der Waals surface area contributed by atoms with Gasteiger partial charge in [0.1, 0.15) is 0 Å². The van der Waals surface area contributed by atoms with Crippen LogP contribution in [0.25, 0.3) is 5.69 Å². The third-order valence-corrected chi connectivity index (χ3v) is 5.51.